The van der Waals surface area contributed by atoms with Crippen LogP contribution in [0.4, 0.5) is 0 Å². The minimum absolute atomic E-state index is 0.0304. The van der Waals surface area contributed by atoms with Gasteiger partial charge in [-0.15, -0.1) is 0 Å². The number of carbonyl (C=O) groups excluding carboxylic acids is 6. The fourth-order valence-corrected chi connectivity index (χ4v) is 7.51. The Morgan fingerprint density at radius 1 is 0.690 bits per heavy atom. The third-order valence-corrected chi connectivity index (χ3v) is 9.81. The minimum Gasteiger partial charge on any atom is -0.342 e. The molecular weight excluding hydrogens is 540 g/mol. The van der Waals surface area contributed by atoms with Crippen LogP contribution in [0.5, 0.6) is 0 Å². The maximum Gasteiger partial charge on any atom is 0.246 e. The van der Waals surface area contributed by atoms with Crippen LogP contribution in [0.25, 0.3) is 0 Å². The third-order valence-electron chi connectivity index (χ3n) is 9.81. The molecule has 12 heteroatoms. The largest absolute Gasteiger partial charge is 0.342 e. The molecule has 5 amide bonds. The number of nitrogens with zero attached hydrogens (tertiary/aromatic N) is 4. The van der Waals surface area contributed by atoms with Crippen LogP contribution in [-0.2, 0) is 28.8 Å². The zero-order valence-corrected chi connectivity index (χ0v) is 25.0. The summed E-state index contributed by atoms with van der Waals surface area (Å²) in [6, 6.07) is -3.44. The lowest BCUT2D eigenvalue weighted by atomic mass is 10.0. The Hall–Kier alpha value is -3.02. The molecule has 0 unspecified atom stereocenters. The van der Waals surface area contributed by atoms with E-state index in [4.69, 9.17) is 0 Å². The molecule has 0 aromatic rings. The van der Waals surface area contributed by atoms with Gasteiger partial charge >= 0.3 is 0 Å². The maximum absolute atomic E-state index is 13.8. The predicted octanol–water partition coefficient (Wildman–Crippen LogP) is 0.0421. The van der Waals surface area contributed by atoms with E-state index in [1.807, 2.05) is 13.8 Å². The highest BCUT2D eigenvalue weighted by Crippen LogP contribution is 2.28. The summed E-state index contributed by atoms with van der Waals surface area (Å²) in [5.41, 5.74) is 0. The van der Waals surface area contributed by atoms with Gasteiger partial charge in [0.25, 0.3) is 0 Å². The first kappa shape index (κ1) is 30.4. The van der Waals surface area contributed by atoms with Crippen molar-refractivity contribution in [2.45, 2.75) is 114 Å². The standard InChI is InChI=1S/C30H46N6O6/c1-19(2)25(30(42)36-17-7-11-23(36)28(40)33-14-4-8-20(33)18-37)32-26(38)22-10-5-15-34(22)29(41)24-12-6-16-35(24)27(39)21-9-3-13-31-21/h18-25,31H,3-17H2,1-2H3,(H,32,38)/t20-,21-,22-,23-,24-,25-/m0/s1. The van der Waals surface area contributed by atoms with Crippen LogP contribution < -0.4 is 10.6 Å². The molecule has 5 fully saturated rings. The predicted molar refractivity (Wildman–Crippen MR) is 153 cm³/mol. The molecule has 5 saturated heterocycles. The molecule has 2 N–H and O–H groups in total. The molecule has 0 radical (unpaired) electrons. The van der Waals surface area contributed by atoms with Crippen LogP contribution in [0.1, 0.15) is 78.1 Å². The van der Waals surface area contributed by atoms with E-state index in [1.165, 1.54) is 0 Å². The van der Waals surface area contributed by atoms with Gasteiger partial charge in [0, 0.05) is 26.2 Å². The number of hydrogen-bond acceptors (Lipinski definition) is 7. The lowest BCUT2D eigenvalue weighted by molar-refractivity contribution is -0.149. The van der Waals surface area contributed by atoms with Crippen molar-refractivity contribution in [3.63, 3.8) is 0 Å². The molecule has 5 aliphatic heterocycles. The normalized spacial score (nSPS) is 30.3. The zero-order chi connectivity index (χ0) is 30.0. The molecule has 0 aliphatic carbocycles. The first-order valence-corrected chi connectivity index (χ1v) is 15.9. The monoisotopic (exact) mass is 586 g/mol. The van der Waals surface area contributed by atoms with Gasteiger partial charge in [-0.05, 0) is 76.7 Å². The first-order chi connectivity index (χ1) is 20.2. The Labute approximate surface area is 247 Å². The first-order valence-electron chi connectivity index (χ1n) is 15.9. The van der Waals surface area contributed by atoms with Gasteiger partial charge in [0.05, 0.1) is 12.1 Å². The van der Waals surface area contributed by atoms with Gasteiger partial charge in [-0.25, -0.2) is 0 Å². The van der Waals surface area contributed by atoms with E-state index < -0.39 is 30.2 Å². The molecule has 5 rings (SSSR count). The lowest BCUT2D eigenvalue weighted by Gasteiger charge is -2.35. The Morgan fingerprint density at radius 3 is 1.86 bits per heavy atom. The average Bonchev–Trinajstić information content (AvgIpc) is 3.82. The zero-order valence-electron chi connectivity index (χ0n) is 25.0. The van der Waals surface area contributed by atoms with E-state index in [-0.39, 0.29) is 41.5 Å². The number of rotatable bonds is 8. The van der Waals surface area contributed by atoms with Crippen LogP contribution >= 0.6 is 0 Å². The molecular formula is C30H46N6O6. The molecule has 0 spiro atoms. The second-order valence-electron chi connectivity index (χ2n) is 12.8. The molecule has 0 aromatic heterocycles. The van der Waals surface area contributed by atoms with Crippen molar-refractivity contribution in [2.24, 2.45) is 5.92 Å². The van der Waals surface area contributed by atoms with E-state index in [2.05, 4.69) is 10.6 Å². The van der Waals surface area contributed by atoms with Crippen molar-refractivity contribution in [1.29, 1.82) is 0 Å². The highest BCUT2D eigenvalue weighted by atomic mass is 16.2. The maximum atomic E-state index is 13.8. The molecule has 0 saturated carbocycles. The van der Waals surface area contributed by atoms with Crippen LogP contribution in [0, 0.1) is 5.92 Å². The topological polar surface area (TPSA) is 139 Å². The van der Waals surface area contributed by atoms with Crippen molar-refractivity contribution >= 4 is 35.8 Å². The number of nitrogens with one attached hydrogen (secondary N) is 2. The smallest absolute Gasteiger partial charge is 0.246 e. The second kappa shape index (κ2) is 13.1. The van der Waals surface area contributed by atoms with Crippen molar-refractivity contribution in [3.8, 4) is 0 Å². The minimum atomic E-state index is -0.845. The van der Waals surface area contributed by atoms with E-state index in [0.29, 0.717) is 64.7 Å². The summed E-state index contributed by atoms with van der Waals surface area (Å²) in [6.45, 7) is 6.43. The van der Waals surface area contributed by atoms with E-state index in [1.54, 1.807) is 19.6 Å². The van der Waals surface area contributed by atoms with Gasteiger partial charge in [0.1, 0.15) is 30.5 Å². The highest BCUT2D eigenvalue weighted by Gasteiger charge is 2.46. The average molecular weight is 587 g/mol. The fraction of sp³-hybridized carbons (Fsp3) is 0.800. The number of amides is 5. The van der Waals surface area contributed by atoms with Crippen molar-refractivity contribution < 1.29 is 28.8 Å². The molecule has 5 heterocycles. The molecule has 12 nitrogen and oxygen atoms in total. The second-order valence-corrected chi connectivity index (χ2v) is 12.8. The SMILES string of the molecule is CC(C)[C@H](NC(=O)[C@@H]1CCCN1C(=O)[C@@H]1CCCN1C(=O)[C@@H]1CCCN1)C(=O)N1CCC[C@H]1C(=O)N1CCC[C@H]1C=O. The highest BCUT2D eigenvalue weighted by molar-refractivity contribution is 5.97. The molecule has 42 heavy (non-hydrogen) atoms. The molecule has 0 aromatic carbocycles. The van der Waals surface area contributed by atoms with Crippen molar-refractivity contribution in [1.82, 2.24) is 30.2 Å². The van der Waals surface area contributed by atoms with Crippen molar-refractivity contribution in [3.05, 3.63) is 0 Å². The summed E-state index contributed by atoms with van der Waals surface area (Å²) < 4.78 is 0. The Morgan fingerprint density at radius 2 is 1.24 bits per heavy atom. The summed E-state index contributed by atoms with van der Waals surface area (Å²) in [5, 5.41) is 6.17. The molecule has 5 aliphatic rings. The van der Waals surface area contributed by atoms with Crippen LogP contribution in [-0.4, -0.2) is 124 Å². The van der Waals surface area contributed by atoms with Crippen LogP contribution in [0.2, 0.25) is 0 Å². The van der Waals surface area contributed by atoms with E-state index in [0.717, 1.165) is 38.5 Å². The summed E-state index contributed by atoms with van der Waals surface area (Å²) in [4.78, 5) is 85.7. The van der Waals surface area contributed by atoms with Gasteiger partial charge in [0.15, 0.2) is 0 Å². The summed E-state index contributed by atoms with van der Waals surface area (Å²) in [5.74, 6) is -1.32. The molecule has 6 atom stereocenters. The van der Waals surface area contributed by atoms with Gasteiger partial charge in [0.2, 0.25) is 29.5 Å². The van der Waals surface area contributed by atoms with Gasteiger partial charge < -0.3 is 35.0 Å². The Kier molecular flexibility index (Phi) is 9.49. The van der Waals surface area contributed by atoms with Crippen molar-refractivity contribution in [2.75, 3.05) is 32.7 Å². The number of carbonyl (C=O) groups is 6. The van der Waals surface area contributed by atoms with E-state index in [9.17, 15) is 28.8 Å². The van der Waals surface area contributed by atoms with Crippen LogP contribution in [0.15, 0.2) is 0 Å². The summed E-state index contributed by atoms with van der Waals surface area (Å²) in [6.07, 6.45) is 7.64. The lowest BCUT2D eigenvalue weighted by Crippen LogP contribution is -2.59. The van der Waals surface area contributed by atoms with Gasteiger partial charge in [-0.3, -0.25) is 24.0 Å². The Balaban J connectivity index is 1.24. The fourth-order valence-electron chi connectivity index (χ4n) is 7.51. The van der Waals surface area contributed by atoms with Crippen LogP contribution in [0.3, 0.4) is 0 Å². The van der Waals surface area contributed by atoms with Gasteiger partial charge in [-0.1, -0.05) is 13.8 Å². The number of likely N-dealkylation sites (tertiary alicyclic amines) is 4. The number of hydrogen-bond donors (Lipinski definition) is 2. The number of aldehydes is 1. The third kappa shape index (κ3) is 5.91. The van der Waals surface area contributed by atoms with Gasteiger partial charge in [-0.2, -0.15) is 0 Å². The molecule has 0 bridgehead atoms. The summed E-state index contributed by atoms with van der Waals surface area (Å²) >= 11 is 0. The molecule has 232 valence electrons. The quantitative estimate of drug-likeness (QED) is 0.383. The summed E-state index contributed by atoms with van der Waals surface area (Å²) in [7, 11) is 0. The Bertz CT molecular complexity index is 1080. The van der Waals surface area contributed by atoms with E-state index >= 15 is 0 Å².